The Kier molecular flexibility index (Phi) is 5.05. The van der Waals surface area contributed by atoms with Crippen LogP contribution in [0, 0.1) is 0 Å². The highest BCUT2D eigenvalue weighted by molar-refractivity contribution is 5.95. The number of hydrogen-bond donors (Lipinski definition) is 3. The van der Waals surface area contributed by atoms with Crippen molar-refractivity contribution in [3.8, 4) is 5.88 Å². The van der Waals surface area contributed by atoms with Crippen LogP contribution in [0.3, 0.4) is 0 Å². The smallest absolute Gasteiger partial charge is 0.217 e. The van der Waals surface area contributed by atoms with Gasteiger partial charge < -0.3 is 21.0 Å². The number of amidine groups is 1. The van der Waals surface area contributed by atoms with E-state index in [0.717, 1.165) is 11.1 Å². The molecule has 0 amide bonds. The first kappa shape index (κ1) is 14.7. The lowest BCUT2D eigenvalue weighted by Crippen LogP contribution is -2.17. The number of hydrogen-bond acceptors (Lipinski definition) is 6. The fourth-order valence-electron chi connectivity index (χ4n) is 1.86. The Morgan fingerprint density at radius 3 is 2.95 bits per heavy atom. The molecular weight excluding hydrogens is 270 g/mol. The lowest BCUT2D eigenvalue weighted by Gasteiger charge is -2.09. The molecule has 0 aliphatic carbocycles. The molecule has 0 radical (unpaired) electrons. The van der Waals surface area contributed by atoms with Gasteiger partial charge in [-0.1, -0.05) is 11.2 Å². The highest BCUT2D eigenvalue weighted by Gasteiger charge is 2.04. The summed E-state index contributed by atoms with van der Waals surface area (Å²) < 4.78 is 5.19. The molecule has 2 rings (SSSR count). The number of pyridine rings is 2. The molecule has 0 bridgehead atoms. The van der Waals surface area contributed by atoms with Crippen molar-refractivity contribution in [3.63, 3.8) is 0 Å². The number of oxime groups is 1. The Morgan fingerprint density at radius 1 is 1.33 bits per heavy atom. The van der Waals surface area contributed by atoms with Gasteiger partial charge in [0.1, 0.15) is 5.69 Å². The maximum atomic E-state index is 8.65. The van der Waals surface area contributed by atoms with Crippen LogP contribution in [0.2, 0.25) is 0 Å². The van der Waals surface area contributed by atoms with E-state index in [4.69, 9.17) is 15.7 Å². The molecule has 0 aromatic carbocycles. The van der Waals surface area contributed by atoms with Crippen molar-refractivity contribution in [2.24, 2.45) is 10.9 Å². The molecule has 0 aliphatic heterocycles. The summed E-state index contributed by atoms with van der Waals surface area (Å²) >= 11 is 0. The van der Waals surface area contributed by atoms with Gasteiger partial charge in [0.05, 0.1) is 7.11 Å². The van der Waals surface area contributed by atoms with Crippen molar-refractivity contribution in [1.82, 2.24) is 15.3 Å². The summed E-state index contributed by atoms with van der Waals surface area (Å²) in [5.74, 6) is 0.600. The maximum absolute atomic E-state index is 8.65. The molecule has 110 valence electrons. The van der Waals surface area contributed by atoms with E-state index in [9.17, 15) is 0 Å². The van der Waals surface area contributed by atoms with E-state index in [1.165, 1.54) is 0 Å². The largest absolute Gasteiger partial charge is 0.481 e. The Hall–Kier alpha value is -2.67. The van der Waals surface area contributed by atoms with Crippen LogP contribution in [0.25, 0.3) is 0 Å². The third-order valence-electron chi connectivity index (χ3n) is 2.88. The molecule has 4 N–H and O–H groups in total. The van der Waals surface area contributed by atoms with E-state index in [0.29, 0.717) is 24.7 Å². The fourth-order valence-corrected chi connectivity index (χ4v) is 1.86. The van der Waals surface area contributed by atoms with Crippen LogP contribution in [0.1, 0.15) is 16.8 Å². The summed E-state index contributed by atoms with van der Waals surface area (Å²) in [6, 6.07) is 7.44. The summed E-state index contributed by atoms with van der Waals surface area (Å²) in [5.41, 5.74) is 7.91. The van der Waals surface area contributed by atoms with Gasteiger partial charge in [-0.05, 0) is 23.8 Å². The van der Waals surface area contributed by atoms with Crippen molar-refractivity contribution >= 4 is 5.84 Å². The topological polar surface area (TPSA) is 106 Å². The third-order valence-corrected chi connectivity index (χ3v) is 2.88. The van der Waals surface area contributed by atoms with Crippen LogP contribution >= 0.6 is 0 Å². The second-order valence-electron chi connectivity index (χ2n) is 4.31. The van der Waals surface area contributed by atoms with Gasteiger partial charge in [-0.15, -0.1) is 0 Å². The molecule has 2 heterocycles. The van der Waals surface area contributed by atoms with Crippen LogP contribution in [0.15, 0.2) is 41.8 Å². The minimum Gasteiger partial charge on any atom is -0.481 e. The number of aromatic nitrogens is 2. The zero-order valence-electron chi connectivity index (χ0n) is 11.7. The van der Waals surface area contributed by atoms with E-state index in [-0.39, 0.29) is 5.84 Å². The van der Waals surface area contributed by atoms with E-state index in [2.05, 4.69) is 20.4 Å². The van der Waals surface area contributed by atoms with Crippen molar-refractivity contribution < 1.29 is 9.94 Å². The van der Waals surface area contributed by atoms with Gasteiger partial charge in [0.15, 0.2) is 5.84 Å². The van der Waals surface area contributed by atoms with Gasteiger partial charge in [0, 0.05) is 31.0 Å². The molecule has 0 fully saturated rings. The average molecular weight is 287 g/mol. The van der Waals surface area contributed by atoms with Crippen LogP contribution in [-0.4, -0.2) is 28.1 Å². The predicted octanol–water partition coefficient (Wildman–Crippen LogP) is 0.869. The number of nitrogens with one attached hydrogen (secondary N) is 1. The van der Waals surface area contributed by atoms with Gasteiger partial charge in [0.25, 0.3) is 0 Å². The molecule has 0 saturated carbocycles. The van der Waals surface area contributed by atoms with Crippen LogP contribution in [0.5, 0.6) is 5.88 Å². The second kappa shape index (κ2) is 7.20. The number of nitrogens with zero attached hydrogens (tertiary/aromatic N) is 3. The van der Waals surface area contributed by atoms with E-state index in [1.807, 2.05) is 18.2 Å². The first-order valence-electron chi connectivity index (χ1n) is 6.36. The molecule has 7 heteroatoms. The van der Waals surface area contributed by atoms with Crippen LogP contribution < -0.4 is 15.8 Å². The van der Waals surface area contributed by atoms with Gasteiger partial charge in [-0.25, -0.2) is 4.98 Å². The molecule has 0 aliphatic rings. The van der Waals surface area contributed by atoms with Crippen molar-refractivity contribution in [3.05, 3.63) is 53.5 Å². The lowest BCUT2D eigenvalue weighted by molar-refractivity contribution is 0.318. The quantitative estimate of drug-likeness (QED) is 0.315. The second-order valence-corrected chi connectivity index (χ2v) is 4.31. The zero-order valence-corrected chi connectivity index (χ0v) is 11.7. The number of ether oxygens (including phenoxy) is 1. The summed E-state index contributed by atoms with van der Waals surface area (Å²) in [6.45, 7) is 1.24. The van der Waals surface area contributed by atoms with E-state index in [1.54, 1.807) is 25.6 Å². The van der Waals surface area contributed by atoms with Gasteiger partial charge in [0.2, 0.25) is 5.88 Å². The normalized spacial score (nSPS) is 11.4. The summed E-state index contributed by atoms with van der Waals surface area (Å²) in [4.78, 5) is 8.17. The zero-order chi connectivity index (χ0) is 15.1. The first-order chi connectivity index (χ1) is 10.2. The molecule has 7 nitrogen and oxygen atoms in total. The molecule has 2 aromatic rings. The standard InChI is InChI=1S/C14H17N5O2/c1-21-14-11(3-2-5-18-14)9-16-8-10-4-6-17-12(7-10)13(15)19-20/h2-7,16,20H,8-9H2,1H3,(H2,15,19). The molecule has 21 heavy (non-hydrogen) atoms. The minimum atomic E-state index is -0.00854. The summed E-state index contributed by atoms with van der Waals surface area (Å²) in [5, 5.41) is 14.9. The molecule has 0 saturated heterocycles. The third kappa shape index (κ3) is 3.90. The van der Waals surface area contributed by atoms with Gasteiger partial charge >= 0.3 is 0 Å². The Bertz CT molecular complexity index is 630. The van der Waals surface area contributed by atoms with E-state index >= 15 is 0 Å². The fraction of sp³-hybridized carbons (Fsp3) is 0.214. The highest BCUT2D eigenvalue weighted by atomic mass is 16.5. The maximum Gasteiger partial charge on any atom is 0.217 e. The number of methoxy groups -OCH3 is 1. The summed E-state index contributed by atoms with van der Waals surface area (Å²) in [6.07, 6.45) is 3.31. The average Bonchev–Trinajstić information content (AvgIpc) is 2.55. The van der Waals surface area contributed by atoms with Crippen molar-refractivity contribution in [2.75, 3.05) is 7.11 Å². The Morgan fingerprint density at radius 2 is 2.19 bits per heavy atom. The number of nitrogens with two attached hydrogens (primary N) is 1. The molecule has 2 aromatic heterocycles. The Balaban J connectivity index is 1.97. The Labute approximate surface area is 122 Å². The summed E-state index contributed by atoms with van der Waals surface area (Å²) in [7, 11) is 1.60. The van der Waals surface area contributed by atoms with E-state index < -0.39 is 0 Å². The monoisotopic (exact) mass is 287 g/mol. The van der Waals surface area contributed by atoms with Gasteiger partial charge in [-0.2, -0.15) is 0 Å². The van der Waals surface area contributed by atoms with Crippen molar-refractivity contribution in [1.29, 1.82) is 0 Å². The van der Waals surface area contributed by atoms with Crippen molar-refractivity contribution in [2.45, 2.75) is 13.1 Å². The SMILES string of the molecule is COc1ncccc1CNCc1ccnc(C(N)=NO)c1. The molecule has 0 atom stereocenters. The van der Waals surface area contributed by atoms with Crippen LogP contribution in [-0.2, 0) is 13.1 Å². The minimum absolute atomic E-state index is 0.00854. The molecule has 0 spiro atoms. The molecule has 0 unspecified atom stereocenters. The highest BCUT2D eigenvalue weighted by Crippen LogP contribution is 2.13. The van der Waals surface area contributed by atoms with Crippen LogP contribution in [0.4, 0.5) is 0 Å². The predicted molar refractivity (Wildman–Crippen MR) is 78.1 cm³/mol. The molecular formula is C14H17N5O2. The lowest BCUT2D eigenvalue weighted by atomic mass is 10.2. The first-order valence-corrected chi connectivity index (χ1v) is 6.36. The van der Waals surface area contributed by atoms with Gasteiger partial charge in [-0.3, -0.25) is 4.98 Å². The number of rotatable bonds is 6.